The van der Waals surface area contributed by atoms with Crippen LogP contribution in [0.1, 0.15) is 16.2 Å². The molecular weight excluding hydrogens is 358 g/mol. The maximum absolute atomic E-state index is 10.8. The monoisotopic (exact) mass is 372 g/mol. The Morgan fingerprint density at radius 1 is 1.23 bits per heavy atom. The Hall–Kier alpha value is -3.28. The minimum Gasteiger partial charge on any atom is -0.545 e. The molecule has 0 fully saturated rings. The number of anilines is 2. The van der Waals surface area contributed by atoms with E-state index in [0.717, 1.165) is 0 Å². The van der Waals surface area contributed by atoms with Gasteiger partial charge >= 0.3 is 0 Å². The molecule has 134 valence electrons. The standard InChI is InChI=1S/C14H15N9O2S/c1-22(2)13-17-10(16-12(15)18-13)7-26-14-19-20-21-23(14)9-5-3-8(4-6-9)11(24)25/h3-6H,7H2,1-2H3,(H,24,25)(H2,15,16,17,18)/p-1. The Morgan fingerprint density at radius 2 is 1.96 bits per heavy atom. The molecule has 0 spiro atoms. The number of hydrogen-bond donors (Lipinski definition) is 1. The van der Waals surface area contributed by atoms with Crippen molar-refractivity contribution < 1.29 is 9.90 Å². The zero-order valence-corrected chi connectivity index (χ0v) is 14.7. The second-order valence-corrected chi connectivity index (χ2v) is 6.24. The molecule has 0 saturated heterocycles. The Kier molecular flexibility index (Phi) is 4.93. The molecule has 3 aromatic rings. The summed E-state index contributed by atoms with van der Waals surface area (Å²) in [4.78, 5) is 25.0. The van der Waals surface area contributed by atoms with Crippen LogP contribution < -0.4 is 15.7 Å². The van der Waals surface area contributed by atoms with Crippen molar-refractivity contribution in [2.24, 2.45) is 0 Å². The number of tetrazole rings is 1. The van der Waals surface area contributed by atoms with Gasteiger partial charge in [0.15, 0.2) is 0 Å². The van der Waals surface area contributed by atoms with Crippen LogP contribution in [0.5, 0.6) is 0 Å². The van der Waals surface area contributed by atoms with Crippen LogP contribution in [0.25, 0.3) is 5.69 Å². The highest BCUT2D eigenvalue weighted by atomic mass is 32.2. The van der Waals surface area contributed by atoms with E-state index in [9.17, 15) is 9.90 Å². The molecule has 2 aromatic heterocycles. The third-order valence-corrected chi connectivity index (χ3v) is 4.12. The number of nitrogen functional groups attached to an aromatic ring is 1. The number of carbonyl (C=O) groups is 1. The normalized spacial score (nSPS) is 10.7. The van der Waals surface area contributed by atoms with Gasteiger partial charge in [0.25, 0.3) is 0 Å². The minimum absolute atomic E-state index is 0.0768. The Morgan fingerprint density at radius 3 is 2.62 bits per heavy atom. The number of nitrogens with zero attached hydrogens (tertiary/aromatic N) is 8. The summed E-state index contributed by atoms with van der Waals surface area (Å²) in [5.74, 6) is 0.229. The van der Waals surface area contributed by atoms with Crippen LogP contribution in [-0.4, -0.2) is 55.2 Å². The highest BCUT2D eigenvalue weighted by Gasteiger charge is 2.12. The zero-order chi connectivity index (χ0) is 18.7. The summed E-state index contributed by atoms with van der Waals surface area (Å²) in [5.41, 5.74) is 6.40. The van der Waals surface area contributed by atoms with E-state index in [4.69, 9.17) is 5.73 Å². The highest BCUT2D eigenvalue weighted by Crippen LogP contribution is 2.22. The number of carboxylic acids is 1. The lowest BCUT2D eigenvalue weighted by molar-refractivity contribution is -0.255. The molecule has 0 saturated carbocycles. The molecule has 26 heavy (non-hydrogen) atoms. The van der Waals surface area contributed by atoms with Crippen molar-refractivity contribution in [2.75, 3.05) is 24.7 Å². The lowest BCUT2D eigenvalue weighted by Crippen LogP contribution is -2.22. The van der Waals surface area contributed by atoms with Crippen molar-refractivity contribution in [2.45, 2.75) is 10.9 Å². The number of rotatable bonds is 6. The molecule has 0 aliphatic carbocycles. The number of nitrogens with two attached hydrogens (primary N) is 1. The van der Waals surface area contributed by atoms with Crippen LogP contribution in [0.4, 0.5) is 11.9 Å². The van der Waals surface area contributed by atoms with Crippen LogP contribution in [0.3, 0.4) is 0 Å². The molecule has 11 nitrogen and oxygen atoms in total. The van der Waals surface area contributed by atoms with Crippen LogP contribution in [0.2, 0.25) is 0 Å². The first-order valence-corrected chi connectivity index (χ1v) is 8.33. The molecule has 0 radical (unpaired) electrons. The predicted octanol–water partition coefficient (Wildman–Crippen LogP) is -0.849. The van der Waals surface area contributed by atoms with Crippen LogP contribution in [0, 0.1) is 0 Å². The van der Waals surface area contributed by atoms with E-state index in [-0.39, 0.29) is 11.5 Å². The van der Waals surface area contributed by atoms with Gasteiger partial charge in [0.1, 0.15) is 5.82 Å². The summed E-state index contributed by atoms with van der Waals surface area (Å²) < 4.78 is 1.49. The fourth-order valence-corrected chi connectivity index (χ4v) is 2.73. The van der Waals surface area contributed by atoms with Gasteiger partial charge in [0, 0.05) is 14.1 Å². The molecule has 0 aliphatic heterocycles. The molecule has 1 aromatic carbocycles. The van der Waals surface area contributed by atoms with E-state index in [0.29, 0.717) is 28.4 Å². The number of carbonyl (C=O) groups excluding carboxylic acids is 1. The lowest BCUT2D eigenvalue weighted by Gasteiger charge is -2.11. The number of thioether (sulfide) groups is 1. The highest BCUT2D eigenvalue weighted by molar-refractivity contribution is 7.98. The second kappa shape index (κ2) is 7.31. The third kappa shape index (κ3) is 3.85. The van der Waals surface area contributed by atoms with E-state index in [1.165, 1.54) is 28.6 Å². The largest absolute Gasteiger partial charge is 0.545 e. The first-order valence-electron chi connectivity index (χ1n) is 7.35. The second-order valence-electron chi connectivity index (χ2n) is 5.30. The molecule has 0 bridgehead atoms. The molecule has 0 amide bonds. The van der Waals surface area contributed by atoms with Crippen LogP contribution >= 0.6 is 11.8 Å². The quantitative estimate of drug-likeness (QED) is 0.538. The van der Waals surface area contributed by atoms with Gasteiger partial charge in [-0.05, 0) is 28.1 Å². The van der Waals surface area contributed by atoms with E-state index in [1.54, 1.807) is 17.0 Å². The zero-order valence-electron chi connectivity index (χ0n) is 13.9. The lowest BCUT2D eigenvalue weighted by atomic mass is 10.2. The average molecular weight is 372 g/mol. The minimum atomic E-state index is -1.24. The van der Waals surface area contributed by atoms with Gasteiger partial charge in [-0.3, -0.25) is 0 Å². The molecule has 0 unspecified atom stereocenters. The fraction of sp³-hybridized carbons (Fsp3) is 0.214. The molecule has 2 heterocycles. The van der Waals surface area contributed by atoms with E-state index >= 15 is 0 Å². The van der Waals surface area contributed by atoms with Gasteiger partial charge < -0.3 is 20.5 Å². The third-order valence-electron chi connectivity index (χ3n) is 3.21. The van der Waals surface area contributed by atoms with Crippen molar-refractivity contribution in [1.29, 1.82) is 0 Å². The first kappa shape index (κ1) is 17.5. The SMILES string of the molecule is CN(C)c1nc(N)nc(CSc2nnnn2-c2ccc(C(=O)[O-])cc2)n1. The number of carboxylic acid groups (broad SMARTS) is 1. The fourth-order valence-electron chi connectivity index (χ4n) is 1.99. The average Bonchev–Trinajstić information content (AvgIpc) is 3.08. The van der Waals surface area contributed by atoms with E-state index < -0.39 is 5.97 Å². The van der Waals surface area contributed by atoms with Crippen LogP contribution in [-0.2, 0) is 5.75 Å². The van der Waals surface area contributed by atoms with Gasteiger partial charge in [0.2, 0.25) is 17.1 Å². The molecule has 3 rings (SSSR count). The van der Waals surface area contributed by atoms with Gasteiger partial charge in [0.05, 0.1) is 17.4 Å². The van der Waals surface area contributed by atoms with Gasteiger partial charge in [-0.15, -0.1) is 5.10 Å². The Labute approximate surface area is 152 Å². The van der Waals surface area contributed by atoms with Crippen molar-refractivity contribution in [3.05, 3.63) is 35.7 Å². The number of hydrogen-bond acceptors (Lipinski definition) is 11. The number of aromatic nitrogens is 7. The maximum Gasteiger partial charge on any atom is 0.229 e. The van der Waals surface area contributed by atoms with Crippen molar-refractivity contribution >= 4 is 29.6 Å². The van der Waals surface area contributed by atoms with Crippen molar-refractivity contribution in [1.82, 2.24) is 35.2 Å². The Balaban J connectivity index is 1.78. The predicted molar refractivity (Wildman–Crippen MR) is 91.6 cm³/mol. The van der Waals surface area contributed by atoms with Gasteiger partial charge in [-0.25, -0.2) is 0 Å². The number of benzene rings is 1. The van der Waals surface area contributed by atoms with Gasteiger partial charge in [-0.2, -0.15) is 19.6 Å². The molecule has 0 atom stereocenters. The van der Waals surface area contributed by atoms with Crippen molar-refractivity contribution in [3.8, 4) is 5.69 Å². The topological polar surface area (TPSA) is 152 Å². The summed E-state index contributed by atoms with van der Waals surface area (Å²) in [6.07, 6.45) is 0. The van der Waals surface area contributed by atoms with Crippen LogP contribution in [0.15, 0.2) is 29.4 Å². The van der Waals surface area contributed by atoms with E-state index in [2.05, 4.69) is 30.5 Å². The molecule has 0 aliphatic rings. The van der Waals surface area contributed by atoms with Crippen molar-refractivity contribution in [3.63, 3.8) is 0 Å². The molecule has 12 heteroatoms. The molecular formula is C14H14N9O2S-. The molecule has 2 N–H and O–H groups in total. The van der Waals surface area contributed by atoms with Gasteiger partial charge in [-0.1, -0.05) is 23.9 Å². The summed E-state index contributed by atoms with van der Waals surface area (Å²) in [6.45, 7) is 0. The summed E-state index contributed by atoms with van der Waals surface area (Å²) in [5, 5.41) is 22.9. The summed E-state index contributed by atoms with van der Waals surface area (Å²) in [6, 6.07) is 6.04. The smallest absolute Gasteiger partial charge is 0.229 e. The Bertz CT molecular complexity index is 926. The van der Waals surface area contributed by atoms with E-state index in [1.807, 2.05) is 14.1 Å². The first-order chi connectivity index (χ1) is 12.4. The maximum atomic E-state index is 10.8. The summed E-state index contributed by atoms with van der Waals surface area (Å²) in [7, 11) is 3.62. The number of aromatic carboxylic acids is 1. The summed E-state index contributed by atoms with van der Waals surface area (Å²) >= 11 is 1.31.